The van der Waals surface area contributed by atoms with Crippen LogP contribution in [0.2, 0.25) is 0 Å². The van der Waals surface area contributed by atoms with Gasteiger partial charge in [-0.15, -0.1) is 11.3 Å². The van der Waals surface area contributed by atoms with Crippen LogP contribution in [0.25, 0.3) is 0 Å². The van der Waals surface area contributed by atoms with Crippen LogP contribution in [0.5, 0.6) is 5.75 Å². The monoisotopic (exact) mass is 266 g/mol. The fourth-order valence-corrected chi connectivity index (χ4v) is 2.19. The molecule has 0 radical (unpaired) electrons. The summed E-state index contributed by atoms with van der Waals surface area (Å²) in [6.07, 6.45) is 0. The Morgan fingerprint density at radius 1 is 1.44 bits per heavy atom. The van der Waals surface area contributed by atoms with Gasteiger partial charge < -0.3 is 5.11 Å². The first-order valence-electron chi connectivity index (χ1n) is 5.21. The number of thiazole rings is 1. The quantitative estimate of drug-likeness (QED) is 0.878. The van der Waals surface area contributed by atoms with Crippen molar-refractivity contribution in [3.63, 3.8) is 0 Å². The Hall–Kier alpha value is -1.95. The number of carbonyl (C=O) groups is 1. The number of phenols is 1. The molecule has 0 aliphatic carbocycles. The van der Waals surface area contributed by atoms with Crippen molar-refractivity contribution in [3.8, 4) is 5.75 Å². The Kier molecular flexibility index (Phi) is 3.29. The van der Waals surface area contributed by atoms with E-state index in [0.29, 0.717) is 5.13 Å². The second-order valence-electron chi connectivity index (χ2n) is 3.78. The van der Waals surface area contributed by atoms with Gasteiger partial charge in [-0.1, -0.05) is 0 Å². The molecule has 0 aliphatic heterocycles. The van der Waals surface area contributed by atoms with E-state index < -0.39 is 11.7 Å². The summed E-state index contributed by atoms with van der Waals surface area (Å²) in [5.74, 6) is -1.57. The minimum Gasteiger partial charge on any atom is -0.508 e. The zero-order valence-corrected chi connectivity index (χ0v) is 10.6. The highest BCUT2D eigenvalue weighted by Crippen LogP contribution is 2.22. The summed E-state index contributed by atoms with van der Waals surface area (Å²) in [5.41, 5.74) is 0.708. The summed E-state index contributed by atoms with van der Waals surface area (Å²) in [6.45, 7) is 3.73. The minimum absolute atomic E-state index is 0.127. The molecule has 2 aromatic rings. The van der Waals surface area contributed by atoms with Crippen LogP contribution in [0.3, 0.4) is 0 Å². The number of anilines is 1. The lowest BCUT2D eigenvalue weighted by molar-refractivity contribution is 0.102. The van der Waals surface area contributed by atoms with E-state index in [-0.39, 0.29) is 11.3 Å². The number of aromatic hydroxyl groups is 1. The second kappa shape index (κ2) is 4.73. The van der Waals surface area contributed by atoms with E-state index in [1.807, 2.05) is 13.8 Å². The summed E-state index contributed by atoms with van der Waals surface area (Å²) in [4.78, 5) is 16.9. The maximum atomic E-state index is 13.5. The number of nitrogens with one attached hydrogen (secondary N) is 1. The van der Waals surface area contributed by atoms with Crippen LogP contribution >= 0.6 is 11.3 Å². The SMILES string of the molecule is Cc1nc(NC(=O)c2ccc(O)cc2F)sc1C. The van der Waals surface area contributed by atoms with Gasteiger partial charge in [-0.3, -0.25) is 10.1 Å². The number of amides is 1. The molecule has 4 nitrogen and oxygen atoms in total. The van der Waals surface area contributed by atoms with Crippen LogP contribution in [-0.2, 0) is 0 Å². The molecule has 0 spiro atoms. The smallest absolute Gasteiger partial charge is 0.260 e. The molecule has 0 fully saturated rings. The van der Waals surface area contributed by atoms with E-state index in [4.69, 9.17) is 5.11 Å². The van der Waals surface area contributed by atoms with Crippen LogP contribution < -0.4 is 5.32 Å². The Bertz CT molecular complexity index is 591. The maximum absolute atomic E-state index is 13.5. The first kappa shape index (κ1) is 12.5. The molecule has 18 heavy (non-hydrogen) atoms. The van der Waals surface area contributed by atoms with Gasteiger partial charge in [0, 0.05) is 10.9 Å². The topological polar surface area (TPSA) is 62.2 Å². The highest BCUT2D eigenvalue weighted by Gasteiger charge is 2.14. The number of carbonyl (C=O) groups excluding carboxylic acids is 1. The summed E-state index contributed by atoms with van der Waals surface area (Å²) < 4.78 is 13.5. The summed E-state index contributed by atoms with van der Waals surface area (Å²) in [6, 6.07) is 3.39. The van der Waals surface area contributed by atoms with Gasteiger partial charge in [0.1, 0.15) is 11.6 Å². The van der Waals surface area contributed by atoms with E-state index in [1.54, 1.807) is 0 Å². The molecule has 2 N–H and O–H groups in total. The van der Waals surface area contributed by atoms with Crippen molar-refractivity contribution in [3.05, 3.63) is 40.2 Å². The molecule has 94 valence electrons. The van der Waals surface area contributed by atoms with Gasteiger partial charge in [-0.05, 0) is 26.0 Å². The van der Waals surface area contributed by atoms with Crippen LogP contribution in [0, 0.1) is 19.7 Å². The molecule has 0 saturated carbocycles. The number of hydrogen-bond acceptors (Lipinski definition) is 4. The van der Waals surface area contributed by atoms with E-state index in [0.717, 1.165) is 16.6 Å². The van der Waals surface area contributed by atoms with Crippen molar-refractivity contribution in [2.45, 2.75) is 13.8 Å². The lowest BCUT2D eigenvalue weighted by atomic mass is 10.2. The molecule has 0 aliphatic rings. The number of halogens is 1. The third-order valence-corrected chi connectivity index (χ3v) is 3.43. The molecule has 1 aromatic carbocycles. The van der Waals surface area contributed by atoms with Crippen molar-refractivity contribution in [2.75, 3.05) is 5.32 Å². The Labute approximate surface area is 107 Å². The molecular weight excluding hydrogens is 255 g/mol. The van der Waals surface area contributed by atoms with E-state index >= 15 is 0 Å². The van der Waals surface area contributed by atoms with E-state index in [9.17, 15) is 9.18 Å². The average molecular weight is 266 g/mol. The fraction of sp³-hybridized carbons (Fsp3) is 0.167. The predicted octanol–water partition coefficient (Wildman–Crippen LogP) is 2.86. The van der Waals surface area contributed by atoms with Gasteiger partial charge in [-0.25, -0.2) is 9.37 Å². The standard InChI is InChI=1S/C12H11FN2O2S/c1-6-7(2)18-12(14-6)15-11(17)9-4-3-8(16)5-10(9)13/h3-5,16H,1-2H3,(H,14,15,17). The third-order valence-electron chi connectivity index (χ3n) is 2.45. The zero-order chi connectivity index (χ0) is 13.3. The van der Waals surface area contributed by atoms with E-state index in [1.165, 1.54) is 23.5 Å². The first-order chi connectivity index (χ1) is 8.47. The molecule has 0 atom stereocenters. The van der Waals surface area contributed by atoms with Gasteiger partial charge >= 0.3 is 0 Å². The lowest BCUT2D eigenvalue weighted by Crippen LogP contribution is -2.13. The normalized spacial score (nSPS) is 10.4. The van der Waals surface area contributed by atoms with Crippen molar-refractivity contribution in [1.29, 1.82) is 0 Å². The van der Waals surface area contributed by atoms with Crippen molar-refractivity contribution >= 4 is 22.4 Å². The van der Waals surface area contributed by atoms with Gasteiger partial charge in [0.05, 0.1) is 11.3 Å². The third kappa shape index (κ3) is 2.48. The van der Waals surface area contributed by atoms with Gasteiger partial charge in [-0.2, -0.15) is 0 Å². The molecule has 1 heterocycles. The number of rotatable bonds is 2. The molecule has 0 unspecified atom stereocenters. The number of benzene rings is 1. The summed E-state index contributed by atoms with van der Waals surface area (Å²) in [5, 5.41) is 12.0. The molecule has 2 rings (SSSR count). The summed E-state index contributed by atoms with van der Waals surface area (Å²) in [7, 11) is 0. The minimum atomic E-state index is -0.766. The highest BCUT2D eigenvalue weighted by atomic mass is 32.1. The number of aryl methyl sites for hydroxylation is 2. The Morgan fingerprint density at radius 3 is 2.72 bits per heavy atom. The Balaban J connectivity index is 2.22. The van der Waals surface area contributed by atoms with Gasteiger partial charge in [0.25, 0.3) is 5.91 Å². The molecule has 1 aromatic heterocycles. The van der Waals surface area contributed by atoms with E-state index in [2.05, 4.69) is 10.3 Å². The van der Waals surface area contributed by atoms with Gasteiger partial charge in [0.15, 0.2) is 5.13 Å². The predicted molar refractivity (Wildman–Crippen MR) is 67.6 cm³/mol. The maximum Gasteiger partial charge on any atom is 0.260 e. The molecular formula is C12H11FN2O2S. The van der Waals surface area contributed by atoms with Crippen LogP contribution in [0.15, 0.2) is 18.2 Å². The van der Waals surface area contributed by atoms with Crippen LogP contribution in [-0.4, -0.2) is 16.0 Å². The zero-order valence-electron chi connectivity index (χ0n) is 9.82. The fourth-order valence-electron chi connectivity index (χ4n) is 1.38. The lowest BCUT2D eigenvalue weighted by Gasteiger charge is -2.03. The van der Waals surface area contributed by atoms with Crippen molar-refractivity contribution < 1.29 is 14.3 Å². The number of phenolic OH excluding ortho intramolecular Hbond substituents is 1. The number of nitrogens with zero attached hydrogens (tertiary/aromatic N) is 1. The largest absolute Gasteiger partial charge is 0.508 e. The first-order valence-corrected chi connectivity index (χ1v) is 6.03. The number of aromatic nitrogens is 1. The average Bonchev–Trinajstić information content (AvgIpc) is 2.57. The highest BCUT2D eigenvalue weighted by molar-refractivity contribution is 7.15. The Morgan fingerprint density at radius 2 is 2.17 bits per heavy atom. The van der Waals surface area contributed by atoms with Crippen LogP contribution in [0.4, 0.5) is 9.52 Å². The van der Waals surface area contributed by atoms with Gasteiger partial charge in [0.2, 0.25) is 0 Å². The second-order valence-corrected chi connectivity index (χ2v) is 4.98. The van der Waals surface area contributed by atoms with Crippen molar-refractivity contribution in [1.82, 2.24) is 4.98 Å². The van der Waals surface area contributed by atoms with Crippen molar-refractivity contribution in [2.24, 2.45) is 0 Å². The number of hydrogen-bond donors (Lipinski definition) is 2. The molecule has 1 amide bonds. The van der Waals surface area contributed by atoms with Crippen LogP contribution in [0.1, 0.15) is 20.9 Å². The molecule has 0 bridgehead atoms. The molecule has 6 heteroatoms. The molecule has 0 saturated heterocycles. The summed E-state index contributed by atoms with van der Waals surface area (Å²) >= 11 is 1.33.